The molecular formula is C20H19N3OS. The first-order valence-electron chi connectivity index (χ1n) is 8.28. The summed E-state index contributed by atoms with van der Waals surface area (Å²) in [4.78, 5) is 21.5. The van der Waals surface area contributed by atoms with Gasteiger partial charge in [-0.2, -0.15) is 0 Å². The second kappa shape index (κ2) is 6.01. The van der Waals surface area contributed by atoms with Crippen LogP contribution in [-0.4, -0.2) is 14.5 Å². The van der Waals surface area contributed by atoms with E-state index in [4.69, 9.17) is 4.98 Å². The SMILES string of the molecule is Cc1c(C)n(C(C)c2ccccc2)c2nc(-c3cccs3)[nH]c(=O)c12. The van der Waals surface area contributed by atoms with Gasteiger partial charge in [-0.05, 0) is 43.3 Å². The molecule has 0 bridgehead atoms. The van der Waals surface area contributed by atoms with Crippen LogP contribution < -0.4 is 5.56 Å². The van der Waals surface area contributed by atoms with Crippen LogP contribution in [0.25, 0.3) is 21.7 Å². The molecule has 1 aromatic carbocycles. The van der Waals surface area contributed by atoms with Crippen molar-refractivity contribution in [1.29, 1.82) is 0 Å². The number of fused-ring (bicyclic) bond motifs is 1. The van der Waals surface area contributed by atoms with Crippen LogP contribution in [0.1, 0.15) is 29.8 Å². The van der Waals surface area contributed by atoms with Crippen LogP contribution in [0, 0.1) is 13.8 Å². The number of aryl methyl sites for hydroxylation is 1. The zero-order valence-corrected chi connectivity index (χ0v) is 15.2. The van der Waals surface area contributed by atoms with Crippen LogP contribution in [0.5, 0.6) is 0 Å². The average molecular weight is 349 g/mol. The third-order valence-electron chi connectivity index (χ3n) is 4.83. The Morgan fingerprint density at radius 2 is 1.88 bits per heavy atom. The quantitative estimate of drug-likeness (QED) is 0.584. The number of nitrogens with one attached hydrogen (secondary N) is 1. The molecule has 1 unspecified atom stereocenters. The Labute approximate surface area is 149 Å². The highest BCUT2D eigenvalue weighted by Gasteiger charge is 2.21. The van der Waals surface area contributed by atoms with E-state index in [0.717, 1.165) is 21.8 Å². The summed E-state index contributed by atoms with van der Waals surface area (Å²) in [5.74, 6) is 0.631. The lowest BCUT2D eigenvalue weighted by Gasteiger charge is -2.17. The molecule has 25 heavy (non-hydrogen) atoms. The van der Waals surface area contributed by atoms with Crippen molar-refractivity contribution in [3.8, 4) is 10.7 Å². The molecule has 5 heteroatoms. The van der Waals surface area contributed by atoms with E-state index in [-0.39, 0.29) is 11.6 Å². The minimum Gasteiger partial charge on any atom is -0.322 e. The van der Waals surface area contributed by atoms with Crippen LogP contribution >= 0.6 is 11.3 Å². The Kier molecular flexibility index (Phi) is 3.81. The Morgan fingerprint density at radius 3 is 2.56 bits per heavy atom. The lowest BCUT2D eigenvalue weighted by molar-refractivity contribution is 0.639. The van der Waals surface area contributed by atoms with Crippen LogP contribution in [0.2, 0.25) is 0 Å². The maximum absolute atomic E-state index is 12.7. The number of thiophene rings is 1. The zero-order chi connectivity index (χ0) is 17.6. The fourth-order valence-electron chi connectivity index (χ4n) is 3.38. The minimum atomic E-state index is -0.0759. The van der Waals surface area contributed by atoms with Crippen molar-refractivity contribution in [2.45, 2.75) is 26.8 Å². The van der Waals surface area contributed by atoms with E-state index in [1.54, 1.807) is 11.3 Å². The second-order valence-electron chi connectivity index (χ2n) is 6.26. The Bertz CT molecular complexity index is 1090. The van der Waals surface area contributed by atoms with Crippen molar-refractivity contribution in [3.05, 3.63) is 75.0 Å². The summed E-state index contributed by atoms with van der Waals surface area (Å²) in [6.07, 6.45) is 0. The number of aromatic nitrogens is 3. The van der Waals surface area contributed by atoms with Gasteiger partial charge in [0, 0.05) is 5.69 Å². The van der Waals surface area contributed by atoms with Crippen LogP contribution in [0.4, 0.5) is 0 Å². The van der Waals surface area contributed by atoms with Gasteiger partial charge in [-0.1, -0.05) is 36.4 Å². The highest BCUT2D eigenvalue weighted by molar-refractivity contribution is 7.13. The second-order valence-corrected chi connectivity index (χ2v) is 7.21. The first kappa shape index (κ1) is 15.8. The third kappa shape index (κ3) is 2.51. The van der Waals surface area contributed by atoms with Crippen molar-refractivity contribution >= 4 is 22.4 Å². The zero-order valence-electron chi connectivity index (χ0n) is 14.4. The van der Waals surface area contributed by atoms with Crippen LogP contribution in [0.3, 0.4) is 0 Å². The number of aromatic amines is 1. The molecule has 0 aliphatic rings. The van der Waals surface area contributed by atoms with Crippen LogP contribution in [-0.2, 0) is 0 Å². The molecule has 3 heterocycles. The van der Waals surface area contributed by atoms with E-state index >= 15 is 0 Å². The molecule has 0 fully saturated rings. The lowest BCUT2D eigenvalue weighted by Crippen LogP contribution is -2.13. The van der Waals surface area contributed by atoms with E-state index < -0.39 is 0 Å². The number of benzene rings is 1. The summed E-state index contributed by atoms with van der Waals surface area (Å²) in [7, 11) is 0. The summed E-state index contributed by atoms with van der Waals surface area (Å²) < 4.78 is 2.17. The maximum Gasteiger partial charge on any atom is 0.260 e. The van der Waals surface area contributed by atoms with Crippen molar-refractivity contribution in [3.63, 3.8) is 0 Å². The summed E-state index contributed by atoms with van der Waals surface area (Å²) in [6, 6.07) is 14.3. The first-order valence-corrected chi connectivity index (χ1v) is 9.16. The van der Waals surface area contributed by atoms with Gasteiger partial charge in [0.2, 0.25) is 0 Å². The van der Waals surface area contributed by atoms with Gasteiger partial charge in [0.1, 0.15) is 5.65 Å². The van der Waals surface area contributed by atoms with E-state index in [0.29, 0.717) is 11.2 Å². The summed E-state index contributed by atoms with van der Waals surface area (Å²) >= 11 is 1.57. The Morgan fingerprint density at radius 1 is 1.12 bits per heavy atom. The van der Waals surface area contributed by atoms with Gasteiger partial charge in [-0.15, -0.1) is 11.3 Å². The summed E-state index contributed by atoms with van der Waals surface area (Å²) in [6.45, 7) is 6.20. The fraction of sp³-hybridized carbons (Fsp3) is 0.200. The number of nitrogens with zero attached hydrogens (tertiary/aromatic N) is 2. The van der Waals surface area contributed by atoms with Crippen LogP contribution in [0.15, 0.2) is 52.6 Å². The van der Waals surface area contributed by atoms with Gasteiger partial charge >= 0.3 is 0 Å². The van der Waals surface area contributed by atoms with E-state index in [1.165, 1.54) is 5.56 Å². The van der Waals surface area contributed by atoms with Crippen molar-refractivity contribution in [2.75, 3.05) is 0 Å². The lowest BCUT2D eigenvalue weighted by atomic mass is 10.1. The van der Waals surface area contributed by atoms with Gasteiger partial charge in [-0.3, -0.25) is 4.79 Å². The Balaban J connectivity index is 2.01. The number of hydrogen-bond acceptors (Lipinski definition) is 3. The largest absolute Gasteiger partial charge is 0.322 e. The molecule has 4 aromatic rings. The van der Waals surface area contributed by atoms with Crippen molar-refractivity contribution in [2.24, 2.45) is 0 Å². The molecule has 4 nitrogen and oxygen atoms in total. The van der Waals surface area contributed by atoms with E-state index in [2.05, 4.69) is 35.5 Å². The molecule has 0 aliphatic carbocycles. The fourth-order valence-corrected chi connectivity index (χ4v) is 4.05. The molecule has 3 aromatic heterocycles. The third-order valence-corrected chi connectivity index (χ3v) is 5.71. The van der Waals surface area contributed by atoms with Gasteiger partial charge in [-0.25, -0.2) is 4.98 Å². The van der Waals surface area contributed by atoms with Crippen molar-refractivity contribution in [1.82, 2.24) is 14.5 Å². The van der Waals surface area contributed by atoms with E-state index in [1.807, 2.05) is 42.6 Å². The number of rotatable bonds is 3. The molecule has 0 saturated carbocycles. The van der Waals surface area contributed by atoms with Gasteiger partial charge < -0.3 is 9.55 Å². The van der Waals surface area contributed by atoms with Crippen molar-refractivity contribution < 1.29 is 0 Å². The molecule has 0 aliphatic heterocycles. The standard InChI is InChI=1S/C20H19N3OS/c1-12-13(2)23(14(3)15-8-5-4-6-9-15)19-17(12)20(24)22-18(21-19)16-10-7-11-25-16/h4-11,14H,1-3H3,(H,21,22,24). The molecule has 126 valence electrons. The van der Waals surface area contributed by atoms with Gasteiger partial charge in [0.25, 0.3) is 5.56 Å². The topological polar surface area (TPSA) is 50.7 Å². The average Bonchev–Trinajstić information content (AvgIpc) is 3.23. The molecular weight excluding hydrogens is 330 g/mol. The van der Waals surface area contributed by atoms with Gasteiger partial charge in [0.15, 0.2) is 5.82 Å². The normalized spacial score (nSPS) is 12.6. The highest BCUT2D eigenvalue weighted by atomic mass is 32.1. The monoisotopic (exact) mass is 349 g/mol. The predicted octanol–water partition coefficient (Wildman–Crippen LogP) is 4.68. The first-order chi connectivity index (χ1) is 12.1. The molecule has 0 amide bonds. The molecule has 1 atom stereocenters. The summed E-state index contributed by atoms with van der Waals surface area (Å²) in [5, 5.41) is 2.67. The smallest absolute Gasteiger partial charge is 0.260 e. The minimum absolute atomic E-state index is 0.0759. The molecule has 4 rings (SSSR count). The predicted molar refractivity (Wildman–Crippen MR) is 103 cm³/mol. The van der Waals surface area contributed by atoms with E-state index in [9.17, 15) is 4.79 Å². The maximum atomic E-state index is 12.7. The molecule has 0 saturated heterocycles. The Hall–Kier alpha value is -2.66. The number of H-pyrrole nitrogens is 1. The summed E-state index contributed by atoms with van der Waals surface area (Å²) in [5.41, 5.74) is 3.94. The molecule has 1 N–H and O–H groups in total. The molecule has 0 spiro atoms. The highest BCUT2D eigenvalue weighted by Crippen LogP contribution is 2.30. The molecule has 0 radical (unpaired) electrons. The van der Waals surface area contributed by atoms with Gasteiger partial charge in [0.05, 0.1) is 16.3 Å². The number of hydrogen-bond donors (Lipinski definition) is 1.